The lowest BCUT2D eigenvalue weighted by molar-refractivity contribution is -0.123. The zero-order valence-electron chi connectivity index (χ0n) is 12.0. The van der Waals surface area contributed by atoms with Crippen molar-refractivity contribution in [3.05, 3.63) is 29.8 Å². The number of rotatable bonds is 8. The van der Waals surface area contributed by atoms with Gasteiger partial charge < -0.3 is 15.4 Å². The van der Waals surface area contributed by atoms with Crippen LogP contribution in [0, 0.1) is 0 Å². The molecule has 0 aliphatic heterocycles. The van der Waals surface area contributed by atoms with E-state index < -0.39 is 0 Å². The number of carbonyl (C=O) groups excluding carboxylic acids is 1. The van der Waals surface area contributed by atoms with Gasteiger partial charge in [0.05, 0.1) is 0 Å². The first-order valence-electron chi connectivity index (χ1n) is 6.83. The van der Waals surface area contributed by atoms with Gasteiger partial charge >= 0.3 is 0 Å². The van der Waals surface area contributed by atoms with Crippen LogP contribution in [-0.2, 0) is 11.3 Å². The van der Waals surface area contributed by atoms with Crippen molar-refractivity contribution in [2.75, 3.05) is 13.2 Å². The molecule has 0 bridgehead atoms. The first kappa shape index (κ1) is 15.5. The van der Waals surface area contributed by atoms with E-state index in [0.29, 0.717) is 12.6 Å². The first-order valence-corrected chi connectivity index (χ1v) is 6.83. The highest BCUT2D eigenvalue weighted by Crippen LogP contribution is 2.13. The molecule has 0 heterocycles. The molecule has 0 radical (unpaired) electrons. The Bertz CT molecular complexity index is 391. The molecule has 0 spiro atoms. The lowest BCUT2D eigenvalue weighted by Gasteiger charge is -2.10. The lowest BCUT2D eigenvalue weighted by Crippen LogP contribution is -2.29. The number of ether oxygens (including phenoxy) is 1. The zero-order chi connectivity index (χ0) is 14.1. The second kappa shape index (κ2) is 8.53. The van der Waals surface area contributed by atoms with Crippen molar-refractivity contribution in [1.82, 2.24) is 10.6 Å². The summed E-state index contributed by atoms with van der Waals surface area (Å²) < 4.78 is 5.47. The van der Waals surface area contributed by atoms with Crippen LogP contribution in [-0.4, -0.2) is 25.1 Å². The quantitative estimate of drug-likeness (QED) is 0.756. The standard InChI is InChI=1S/C15H24N2O2/c1-4-8-16-15(18)11-19-14-7-5-6-13(9-14)10-17-12(2)3/h5-7,9,12,17H,4,8,10-11H2,1-3H3,(H,16,18). The molecule has 4 nitrogen and oxygen atoms in total. The monoisotopic (exact) mass is 264 g/mol. The van der Waals surface area contributed by atoms with Crippen molar-refractivity contribution in [2.45, 2.75) is 39.8 Å². The first-order chi connectivity index (χ1) is 9.11. The van der Waals surface area contributed by atoms with Gasteiger partial charge in [0, 0.05) is 19.1 Å². The van der Waals surface area contributed by atoms with Crippen molar-refractivity contribution in [3.8, 4) is 5.75 Å². The topological polar surface area (TPSA) is 50.4 Å². The third kappa shape index (κ3) is 6.82. The van der Waals surface area contributed by atoms with E-state index in [0.717, 1.165) is 24.3 Å². The maximum atomic E-state index is 11.4. The molecular weight excluding hydrogens is 240 g/mol. The van der Waals surface area contributed by atoms with Gasteiger partial charge in [-0.1, -0.05) is 32.9 Å². The van der Waals surface area contributed by atoms with Gasteiger partial charge in [-0.2, -0.15) is 0 Å². The minimum Gasteiger partial charge on any atom is -0.484 e. The minimum absolute atomic E-state index is 0.0705. The largest absolute Gasteiger partial charge is 0.484 e. The summed E-state index contributed by atoms with van der Waals surface area (Å²) >= 11 is 0. The number of nitrogens with one attached hydrogen (secondary N) is 2. The van der Waals surface area contributed by atoms with Gasteiger partial charge in [-0.25, -0.2) is 0 Å². The molecule has 1 aromatic carbocycles. The average molecular weight is 264 g/mol. The van der Waals surface area contributed by atoms with Crippen molar-refractivity contribution in [3.63, 3.8) is 0 Å². The molecule has 0 aliphatic rings. The summed E-state index contributed by atoms with van der Waals surface area (Å²) in [6, 6.07) is 8.26. The maximum Gasteiger partial charge on any atom is 0.257 e. The third-order valence-corrected chi connectivity index (χ3v) is 2.55. The smallest absolute Gasteiger partial charge is 0.257 e. The molecule has 0 aromatic heterocycles. The van der Waals surface area contributed by atoms with E-state index >= 15 is 0 Å². The van der Waals surface area contributed by atoms with E-state index in [1.54, 1.807) is 0 Å². The van der Waals surface area contributed by atoms with Crippen LogP contribution < -0.4 is 15.4 Å². The van der Waals surface area contributed by atoms with Crippen LogP contribution >= 0.6 is 0 Å². The predicted octanol–water partition coefficient (Wildman–Crippen LogP) is 2.09. The Labute approximate surface area is 115 Å². The molecule has 1 rings (SSSR count). The molecule has 0 unspecified atom stereocenters. The van der Waals surface area contributed by atoms with Crippen molar-refractivity contribution in [1.29, 1.82) is 0 Å². The van der Waals surface area contributed by atoms with Crippen LogP contribution in [0.25, 0.3) is 0 Å². The Hall–Kier alpha value is -1.55. The second-order valence-corrected chi connectivity index (χ2v) is 4.82. The fourth-order valence-corrected chi connectivity index (χ4v) is 1.53. The number of benzene rings is 1. The predicted molar refractivity (Wildman–Crippen MR) is 77.2 cm³/mol. The molecule has 2 N–H and O–H groups in total. The summed E-state index contributed by atoms with van der Waals surface area (Å²) in [4.78, 5) is 11.4. The summed E-state index contributed by atoms with van der Waals surface area (Å²) in [6.07, 6.45) is 0.933. The number of hydrogen-bond donors (Lipinski definition) is 2. The summed E-state index contributed by atoms with van der Waals surface area (Å²) in [5, 5.41) is 6.13. The molecule has 0 aliphatic carbocycles. The molecule has 4 heteroatoms. The summed E-state index contributed by atoms with van der Waals surface area (Å²) in [5.74, 6) is 0.655. The Morgan fingerprint density at radius 2 is 2.16 bits per heavy atom. The summed E-state index contributed by atoms with van der Waals surface area (Å²) in [7, 11) is 0. The molecule has 19 heavy (non-hydrogen) atoms. The summed E-state index contributed by atoms with van der Waals surface area (Å²) in [6.45, 7) is 7.81. The summed E-state index contributed by atoms with van der Waals surface area (Å²) in [5.41, 5.74) is 1.15. The van der Waals surface area contributed by atoms with E-state index in [9.17, 15) is 4.79 Å². The van der Waals surface area contributed by atoms with Gasteiger partial charge in [0.15, 0.2) is 6.61 Å². The average Bonchev–Trinajstić information content (AvgIpc) is 2.41. The van der Waals surface area contributed by atoms with E-state index in [1.165, 1.54) is 0 Å². The molecule has 0 saturated heterocycles. The Kier molecular flexibility index (Phi) is 6.97. The molecule has 1 amide bonds. The van der Waals surface area contributed by atoms with Crippen LogP contribution in [0.3, 0.4) is 0 Å². The maximum absolute atomic E-state index is 11.4. The van der Waals surface area contributed by atoms with E-state index in [4.69, 9.17) is 4.74 Å². The fraction of sp³-hybridized carbons (Fsp3) is 0.533. The SMILES string of the molecule is CCCNC(=O)COc1cccc(CNC(C)C)c1. The number of amides is 1. The van der Waals surface area contributed by atoms with Gasteiger partial charge in [-0.05, 0) is 24.1 Å². The van der Waals surface area contributed by atoms with Crippen LogP contribution in [0.5, 0.6) is 5.75 Å². The molecular formula is C15H24N2O2. The van der Waals surface area contributed by atoms with Crippen LogP contribution in [0.15, 0.2) is 24.3 Å². The highest BCUT2D eigenvalue weighted by molar-refractivity contribution is 5.77. The minimum atomic E-state index is -0.0763. The van der Waals surface area contributed by atoms with E-state index in [2.05, 4.69) is 24.5 Å². The van der Waals surface area contributed by atoms with Crippen molar-refractivity contribution in [2.24, 2.45) is 0 Å². The third-order valence-electron chi connectivity index (χ3n) is 2.55. The van der Waals surface area contributed by atoms with E-state index in [-0.39, 0.29) is 12.5 Å². The lowest BCUT2D eigenvalue weighted by atomic mass is 10.2. The Balaban J connectivity index is 2.41. The van der Waals surface area contributed by atoms with Crippen LogP contribution in [0.2, 0.25) is 0 Å². The normalized spacial score (nSPS) is 10.5. The highest BCUT2D eigenvalue weighted by atomic mass is 16.5. The number of hydrogen-bond acceptors (Lipinski definition) is 3. The van der Waals surface area contributed by atoms with E-state index in [1.807, 2.05) is 31.2 Å². The van der Waals surface area contributed by atoms with Gasteiger partial charge in [-0.3, -0.25) is 4.79 Å². The number of carbonyl (C=O) groups is 1. The van der Waals surface area contributed by atoms with Crippen LogP contribution in [0.1, 0.15) is 32.8 Å². The molecule has 0 atom stereocenters. The second-order valence-electron chi connectivity index (χ2n) is 4.82. The van der Waals surface area contributed by atoms with Gasteiger partial charge in [0.25, 0.3) is 5.91 Å². The highest BCUT2D eigenvalue weighted by Gasteiger charge is 2.02. The molecule has 106 valence electrons. The molecule has 0 fully saturated rings. The van der Waals surface area contributed by atoms with Crippen molar-refractivity contribution >= 4 is 5.91 Å². The Morgan fingerprint density at radius 3 is 2.84 bits per heavy atom. The van der Waals surface area contributed by atoms with Crippen LogP contribution in [0.4, 0.5) is 0 Å². The molecule has 1 aromatic rings. The fourth-order valence-electron chi connectivity index (χ4n) is 1.53. The van der Waals surface area contributed by atoms with Gasteiger partial charge in [0.1, 0.15) is 5.75 Å². The Morgan fingerprint density at radius 1 is 1.37 bits per heavy atom. The van der Waals surface area contributed by atoms with Crippen molar-refractivity contribution < 1.29 is 9.53 Å². The van der Waals surface area contributed by atoms with Gasteiger partial charge in [0.2, 0.25) is 0 Å². The molecule has 0 saturated carbocycles. The zero-order valence-corrected chi connectivity index (χ0v) is 12.0. The van der Waals surface area contributed by atoms with Gasteiger partial charge in [-0.15, -0.1) is 0 Å².